The molecule has 1 N–H and O–H groups in total. The molecule has 0 saturated carbocycles. The van der Waals surface area contributed by atoms with E-state index in [9.17, 15) is 18.3 Å². The van der Waals surface area contributed by atoms with Crippen LogP contribution in [0.4, 0.5) is 0 Å². The highest BCUT2D eigenvalue weighted by molar-refractivity contribution is 7.92. The Balaban J connectivity index is 2.93. The first-order valence-electron chi connectivity index (χ1n) is 7.19. The first-order chi connectivity index (χ1) is 10.0. The Morgan fingerprint density at radius 3 is 2.23 bits per heavy atom. The van der Waals surface area contributed by atoms with E-state index in [0.717, 1.165) is 5.56 Å². The maximum atomic E-state index is 12.6. The molecule has 0 aliphatic heterocycles. The van der Waals surface area contributed by atoms with Crippen LogP contribution in [0, 0.1) is 5.92 Å². The number of carboxylic acid groups (broad SMARTS) is 1. The second-order valence-electron chi connectivity index (χ2n) is 6.50. The van der Waals surface area contributed by atoms with Gasteiger partial charge < -0.3 is 10.0 Å². The second kappa shape index (κ2) is 7.24. The molecule has 0 aliphatic carbocycles. The summed E-state index contributed by atoms with van der Waals surface area (Å²) >= 11 is 0. The van der Waals surface area contributed by atoms with Crippen molar-refractivity contribution in [3.05, 3.63) is 35.9 Å². The van der Waals surface area contributed by atoms with Gasteiger partial charge in [0.15, 0.2) is 9.84 Å². The largest absolute Gasteiger partial charge is 0.481 e. The van der Waals surface area contributed by atoms with Crippen LogP contribution in [0.25, 0.3) is 0 Å². The number of sulfone groups is 1. The maximum absolute atomic E-state index is 12.6. The molecule has 1 atom stereocenters. The third-order valence-electron chi connectivity index (χ3n) is 3.63. The van der Waals surface area contributed by atoms with E-state index in [0.29, 0.717) is 6.54 Å². The highest BCUT2D eigenvalue weighted by atomic mass is 32.2. The minimum absolute atomic E-state index is 0.216. The molecule has 1 rings (SSSR count). The molecule has 124 valence electrons. The van der Waals surface area contributed by atoms with E-state index in [2.05, 4.69) is 0 Å². The fraction of sp³-hybridized carbons (Fsp3) is 0.562. The number of carboxylic acids is 1. The van der Waals surface area contributed by atoms with Crippen molar-refractivity contribution in [2.75, 3.05) is 26.4 Å². The molecule has 0 heterocycles. The first kappa shape index (κ1) is 18.6. The summed E-state index contributed by atoms with van der Waals surface area (Å²) in [5.41, 5.74) is 0.829. The lowest BCUT2D eigenvalue weighted by Gasteiger charge is -2.29. The summed E-state index contributed by atoms with van der Waals surface area (Å²) in [6, 6.07) is 9.11. The fourth-order valence-corrected chi connectivity index (χ4v) is 4.16. The molecule has 1 aromatic carbocycles. The summed E-state index contributed by atoms with van der Waals surface area (Å²) in [4.78, 5) is 13.3. The number of rotatable bonds is 8. The van der Waals surface area contributed by atoms with Gasteiger partial charge in [-0.3, -0.25) is 4.79 Å². The summed E-state index contributed by atoms with van der Waals surface area (Å²) in [6.07, 6.45) is 0.216. The average Bonchev–Trinajstić information content (AvgIpc) is 2.37. The Hall–Kier alpha value is -1.40. The van der Waals surface area contributed by atoms with Gasteiger partial charge in [-0.25, -0.2) is 8.42 Å². The van der Waals surface area contributed by atoms with Gasteiger partial charge in [-0.1, -0.05) is 30.3 Å². The normalized spacial score (nSPS) is 14.0. The van der Waals surface area contributed by atoms with Crippen molar-refractivity contribution in [3.63, 3.8) is 0 Å². The van der Waals surface area contributed by atoms with Crippen LogP contribution in [0.1, 0.15) is 19.4 Å². The zero-order chi connectivity index (χ0) is 17.0. The number of nitrogens with zero attached hydrogens (tertiary/aromatic N) is 1. The molecule has 6 heteroatoms. The average molecular weight is 327 g/mol. The quantitative estimate of drug-likeness (QED) is 0.786. The third kappa shape index (κ3) is 5.10. The monoisotopic (exact) mass is 327 g/mol. The summed E-state index contributed by atoms with van der Waals surface area (Å²) in [7, 11) is 0.0613. The zero-order valence-electron chi connectivity index (χ0n) is 13.6. The lowest BCUT2D eigenvalue weighted by Crippen LogP contribution is -2.45. The first-order valence-corrected chi connectivity index (χ1v) is 8.84. The van der Waals surface area contributed by atoms with E-state index >= 15 is 0 Å². The van der Waals surface area contributed by atoms with Crippen molar-refractivity contribution in [2.45, 2.75) is 25.0 Å². The molecule has 0 unspecified atom stereocenters. The van der Waals surface area contributed by atoms with Gasteiger partial charge in [0, 0.05) is 6.54 Å². The number of hydrogen-bond acceptors (Lipinski definition) is 4. The van der Waals surface area contributed by atoms with Crippen molar-refractivity contribution in [3.8, 4) is 0 Å². The minimum atomic E-state index is -3.54. The van der Waals surface area contributed by atoms with Crippen LogP contribution in [0.5, 0.6) is 0 Å². The molecule has 0 amide bonds. The van der Waals surface area contributed by atoms with Crippen LogP contribution in [0.2, 0.25) is 0 Å². The smallest absolute Gasteiger partial charge is 0.307 e. The summed E-state index contributed by atoms with van der Waals surface area (Å²) in [5.74, 6) is -2.36. The van der Waals surface area contributed by atoms with Crippen molar-refractivity contribution < 1.29 is 18.3 Å². The van der Waals surface area contributed by atoms with Crippen LogP contribution in [-0.2, 0) is 21.1 Å². The molecule has 0 spiro atoms. The van der Waals surface area contributed by atoms with E-state index < -0.39 is 26.5 Å². The topological polar surface area (TPSA) is 74.7 Å². The molecule has 0 fully saturated rings. The second-order valence-corrected chi connectivity index (χ2v) is 9.17. The SMILES string of the molecule is CN(C)CC(C)(C)S(=O)(=O)C[C@@H](Cc1ccccc1)C(=O)O. The lowest BCUT2D eigenvalue weighted by atomic mass is 10.0. The number of benzene rings is 1. The third-order valence-corrected chi connectivity index (χ3v) is 6.29. The standard InChI is InChI=1S/C16H25NO4S/c1-16(2,12-17(3)4)22(20,21)11-14(15(18)19)10-13-8-6-5-7-9-13/h5-9,14H,10-12H2,1-4H3,(H,18,19)/t14-/m1/s1. The van der Waals surface area contributed by atoms with Crippen LogP contribution in [0.3, 0.4) is 0 Å². The van der Waals surface area contributed by atoms with Crippen LogP contribution >= 0.6 is 0 Å². The van der Waals surface area contributed by atoms with Gasteiger partial charge in [-0.05, 0) is 39.9 Å². The van der Waals surface area contributed by atoms with Crippen molar-refractivity contribution in [2.24, 2.45) is 5.92 Å². The Morgan fingerprint density at radius 2 is 1.77 bits per heavy atom. The van der Waals surface area contributed by atoms with Gasteiger partial charge in [-0.2, -0.15) is 0 Å². The van der Waals surface area contributed by atoms with E-state index in [4.69, 9.17) is 0 Å². The lowest BCUT2D eigenvalue weighted by molar-refractivity contribution is -0.140. The molecule has 22 heavy (non-hydrogen) atoms. The van der Waals surface area contributed by atoms with Gasteiger partial charge >= 0.3 is 5.97 Å². The van der Waals surface area contributed by atoms with E-state index in [1.54, 1.807) is 32.8 Å². The molecule has 0 saturated heterocycles. The molecule has 0 radical (unpaired) electrons. The minimum Gasteiger partial charge on any atom is -0.481 e. The molecule has 0 aliphatic rings. The Kier molecular flexibility index (Phi) is 6.14. The zero-order valence-corrected chi connectivity index (χ0v) is 14.4. The summed E-state index contributed by atoms with van der Waals surface area (Å²) in [6.45, 7) is 3.64. The van der Waals surface area contributed by atoms with Gasteiger partial charge in [-0.15, -0.1) is 0 Å². The van der Waals surface area contributed by atoms with E-state index in [-0.39, 0.29) is 12.2 Å². The Labute approximate surface area is 132 Å². The Bertz CT molecular complexity index is 594. The summed E-state index contributed by atoms with van der Waals surface area (Å²) < 4.78 is 24.2. The van der Waals surface area contributed by atoms with E-state index in [1.807, 2.05) is 30.3 Å². The molecular formula is C16H25NO4S. The van der Waals surface area contributed by atoms with Crippen LogP contribution in [-0.4, -0.2) is 55.5 Å². The molecule has 1 aromatic rings. The predicted octanol–water partition coefficient (Wildman–Crippen LogP) is 1.68. The van der Waals surface area contributed by atoms with Gasteiger partial charge in [0.2, 0.25) is 0 Å². The molecular weight excluding hydrogens is 302 g/mol. The van der Waals surface area contributed by atoms with E-state index in [1.165, 1.54) is 0 Å². The van der Waals surface area contributed by atoms with Gasteiger partial charge in [0.05, 0.1) is 16.4 Å². The van der Waals surface area contributed by atoms with Crippen molar-refractivity contribution >= 4 is 15.8 Å². The highest BCUT2D eigenvalue weighted by Gasteiger charge is 2.38. The summed E-state index contributed by atoms with van der Waals surface area (Å²) in [5, 5.41) is 9.37. The van der Waals surface area contributed by atoms with Crippen molar-refractivity contribution in [1.29, 1.82) is 0 Å². The maximum Gasteiger partial charge on any atom is 0.307 e. The Morgan fingerprint density at radius 1 is 1.23 bits per heavy atom. The predicted molar refractivity (Wildman–Crippen MR) is 87.7 cm³/mol. The molecule has 5 nitrogen and oxygen atoms in total. The van der Waals surface area contributed by atoms with Crippen molar-refractivity contribution in [1.82, 2.24) is 4.90 Å². The molecule has 0 bridgehead atoms. The number of carbonyl (C=O) groups is 1. The van der Waals surface area contributed by atoms with Crippen LogP contribution < -0.4 is 0 Å². The van der Waals surface area contributed by atoms with Crippen LogP contribution in [0.15, 0.2) is 30.3 Å². The number of aliphatic carboxylic acids is 1. The highest BCUT2D eigenvalue weighted by Crippen LogP contribution is 2.22. The fourth-order valence-electron chi connectivity index (χ4n) is 2.47. The van der Waals surface area contributed by atoms with Gasteiger partial charge in [0.25, 0.3) is 0 Å². The molecule has 0 aromatic heterocycles. The number of hydrogen-bond donors (Lipinski definition) is 1. The van der Waals surface area contributed by atoms with Gasteiger partial charge in [0.1, 0.15) is 0 Å².